The molecular weight excluding hydrogens is 376 g/mol. The molecular formula is C22H38O7. The Hall–Kier alpha value is -0.990. The zero-order chi connectivity index (χ0) is 21.1. The Bertz CT molecular complexity index is 503. The number of hydrogen-bond acceptors (Lipinski definition) is 6. The number of aliphatic carboxylic acids is 1. The predicted molar refractivity (Wildman–Crippen MR) is 109 cm³/mol. The maximum Gasteiger partial charge on any atom is 0.303 e. The van der Waals surface area contributed by atoms with Crippen LogP contribution in [-0.2, 0) is 23.7 Å². The fourth-order valence-corrected chi connectivity index (χ4v) is 4.30. The van der Waals surface area contributed by atoms with E-state index < -0.39 is 17.5 Å². The highest BCUT2D eigenvalue weighted by Crippen LogP contribution is 2.46. The molecule has 5 atom stereocenters. The molecule has 1 heterocycles. The molecule has 1 saturated carbocycles. The second kappa shape index (κ2) is 12.6. The van der Waals surface area contributed by atoms with E-state index in [2.05, 4.69) is 0 Å². The van der Waals surface area contributed by atoms with Gasteiger partial charge in [0.1, 0.15) is 0 Å². The van der Waals surface area contributed by atoms with Crippen molar-refractivity contribution < 1.29 is 34.0 Å². The summed E-state index contributed by atoms with van der Waals surface area (Å²) in [5.41, 5.74) is -0.589. The second-order valence-corrected chi connectivity index (χ2v) is 7.93. The molecule has 29 heavy (non-hydrogen) atoms. The lowest BCUT2D eigenvalue weighted by Gasteiger charge is -2.38. The van der Waals surface area contributed by atoms with Gasteiger partial charge in [-0.1, -0.05) is 12.2 Å². The second-order valence-electron chi connectivity index (χ2n) is 7.93. The van der Waals surface area contributed by atoms with E-state index in [1.165, 1.54) is 0 Å². The standard InChI is InChI=1S/C22H38O7/c1-3-26-16-22(13-9-6-5-7-11-19(24)25)18(23)15-17(21(22)27-4-2)29-20-12-8-10-14-28-20/h6,9,17-18,20-21,23H,3-5,7-8,10-16H2,1-2H3,(H,24,25)/t17-,18-,20?,21-,22-/m1/s1. The topological polar surface area (TPSA) is 94.5 Å². The molecule has 0 aromatic carbocycles. The average Bonchev–Trinajstić information content (AvgIpc) is 2.95. The van der Waals surface area contributed by atoms with Crippen LogP contribution in [0.1, 0.15) is 65.2 Å². The molecule has 0 aromatic heterocycles. The highest BCUT2D eigenvalue weighted by molar-refractivity contribution is 5.66. The molecule has 2 fully saturated rings. The minimum atomic E-state index is -0.779. The van der Waals surface area contributed by atoms with Crippen molar-refractivity contribution in [2.45, 2.75) is 89.8 Å². The van der Waals surface area contributed by atoms with Crippen molar-refractivity contribution in [3.8, 4) is 0 Å². The van der Waals surface area contributed by atoms with E-state index >= 15 is 0 Å². The van der Waals surface area contributed by atoms with E-state index in [1.807, 2.05) is 26.0 Å². The fraction of sp³-hybridized carbons (Fsp3) is 0.864. The van der Waals surface area contributed by atoms with Gasteiger partial charge in [-0.05, 0) is 52.4 Å². The quantitative estimate of drug-likeness (QED) is 0.353. The fourth-order valence-electron chi connectivity index (χ4n) is 4.30. The molecule has 7 nitrogen and oxygen atoms in total. The summed E-state index contributed by atoms with van der Waals surface area (Å²) < 4.78 is 23.9. The number of carboxylic acid groups (broad SMARTS) is 1. The molecule has 1 aliphatic carbocycles. The predicted octanol–water partition coefficient (Wildman–Crippen LogP) is 3.29. The van der Waals surface area contributed by atoms with Gasteiger partial charge in [-0.25, -0.2) is 0 Å². The van der Waals surface area contributed by atoms with E-state index in [1.54, 1.807) is 0 Å². The highest BCUT2D eigenvalue weighted by Gasteiger charge is 2.56. The van der Waals surface area contributed by atoms with Crippen molar-refractivity contribution in [2.75, 3.05) is 26.4 Å². The third kappa shape index (κ3) is 7.03. The number of carbonyl (C=O) groups is 1. The smallest absolute Gasteiger partial charge is 0.303 e. The number of rotatable bonds is 13. The molecule has 0 amide bonds. The van der Waals surface area contributed by atoms with Gasteiger partial charge in [0.2, 0.25) is 0 Å². The number of hydrogen-bond donors (Lipinski definition) is 2. The molecule has 1 saturated heterocycles. The molecule has 2 aliphatic rings. The zero-order valence-corrected chi connectivity index (χ0v) is 17.9. The Morgan fingerprint density at radius 3 is 2.72 bits per heavy atom. The van der Waals surface area contributed by atoms with Crippen LogP contribution in [0.5, 0.6) is 0 Å². The first-order valence-electron chi connectivity index (χ1n) is 11.0. The maximum absolute atomic E-state index is 11.0. The van der Waals surface area contributed by atoms with Crippen LogP contribution in [0, 0.1) is 5.41 Å². The molecule has 168 valence electrons. The van der Waals surface area contributed by atoms with Crippen LogP contribution in [0.3, 0.4) is 0 Å². The van der Waals surface area contributed by atoms with Gasteiger partial charge in [0, 0.05) is 32.7 Å². The van der Waals surface area contributed by atoms with Crippen molar-refractivity contribution in [3.63, 3.8) is 0 Å². The summed E-state index contributed by atoms with van der Waals surface area (Å²) >= 11 is 0. The summed E-state index contributed by atoms with van der Waals surface area (Å²) in [5.74, 6) is -0.779. The van der Waals surface area contributed by atoms with Gasteiger partial charge >= 0.3 is 5.97 Å². The lowest BCUT2D eigenvalue weighted by atomic mass is 9.79. The Balaban J connectivity index is 2.08. The minimum Gasteiger partial charge on any atom is -0.481 e. The van der Waals surface area contributed by atoms with Crippen molar-refractivity contribution in [1.82, 2.24) is 0 Å². The van der Waals surface area contributed by atoms with Crippen LogP contribution in [0.4, 0.5) is 0 Å². The van der Waals surface area contributed by atoms with Gasteiger partial charge in [-0.2, -0.15) is 0 Å². The first-order valence-corrected chi connectivity index (χ1v) is 11.0. The van der Waals surface area contributed by atoms with Crippen molar-refractivity contribution >= 4 is 5.97 Å². The van der Waals surface area contributed by atoms with E-state index in [9.17, 15) is 9.90 Å². The van der Waals surface area contributed by atoms with Gasteiger partial charge in [-0.3, -0.25) is 4.79 Å². The van der Waals surface area contributed by atoms with Gasteiger partial charge < -0.3 is 29.2 Å². The van der Waals surface area contributed by atoms with Crippen LogP contribution in [0.15, 0.2) is 12.2 Å². The van der Waals surface area contributed by atoms with Crippen molar-refractivity contribution in [1.29, 1.82) is 0 Å². The number of aliphatic hydroxyl groups is 1. The molecule has 0 aromatic rings. The Morgan fingerprint density at radius 2 is 2.07 bits per heavy atom. The van der Waals surface area contributed by atoms with Crippen LogP contribution in [-0.4, -0.2) is 67.2 Å². The summed E-state index contributed by atoms with van der Waals surface area (Å²) in [6.45, 7) is 6.08. The summed E-state index contributed by atoms with van der Waals surface area (Å²) in [5, 5.41) is 19.8. The molecule has 7 heteroatoms. The summed E-state index contributed by atoms with van der Waals surface area (Å²) in [4.78, 5) is 10.7. The Kier molecular flexibility index (Phi) is 10.6. The van der Waals surface area contributed by atoms with Crippen LogP contribution >= 0.6 is 0 Å². The molecule has 1 aliphatic heterocycles. The van der Waals surface area contributed by atoms with Gasteiger partial charge in [0.25, 0.3) is 0 Å². The summed E-state index contributed by atoms with van der Waals surface area (Å²) in [6.07, 6.45) is 8.20. The number of carboxylic acids is 1. The molecule has 0 bridgehead atoms. The lowest BCUT2D eigenvalue weighted by molar-refractivity contribution is -0.216. The third-order valence-corrected chi connectivity index (χ3v) is 5.84. The summed E-state index contributed by atoms with van der Waals surface area (Å²) in [6, 6.07) is 0. The zero-order valence-electron chi connectivity index (χ0n) is 17.9. The van der Waals surface area contributed by atoms with E-state index in [-0.39, 0.29) is 24.9 Å². The van der Waals surface area contributed by atoms with Gasteiger partial charge in [0.05, 0.1) is 30.3 Å². The van der Waals surface area contributed by atoms with Crippen LogP contribution < -0.4 is 0 Å². The molecule has 1 unspecified atom stereocenters. The van der Waals surface area contributed by atoms with Crippen LogP contribution in [0.2, 0.25) is 0 Å². The van der Waals surface area contributed by atoms with Crippen molar-refractivity contribution in [3.05, 3.63) is 12.2 Å². The number of aliphatic hydroxyl groups excluding tert-OH is 1. The number of unbranched alkanes of at least 4 members (excludes halogenated alkanes) is 1. The number of allylic oxidation sites excluding steroid dienone is 2. The van der Waals surface area contributed by atoms with Gasteiger partial charge in [0.15, 0.2) is 6.29 Å². The van der Waals surface area contributed by atoms with E-state index in [4.69, 9.17) is 24.1 Å². The van der Waals surface area contributed by atoms with Gasteiger partial charge in [-0.15, -0.1) is 0 Å². The molecule has 0 radical (unpaired) electrons. The first kappa shape index (κ1) is 24.3. The van der Waals surface area contributed by atoms with E-state index in [0.29, 0.717) is 52.1 Å². The lowest BCUT2D eigenvalue weighted by Crippen LogP contribution is -2.47. The number of ether oxygens (including phenoxy) is 4. The minimum absolute atomic E-state index is 0.163. The monoisotopic (exact) mass is 414 g/mol. The normalized spacial score (nSPS) is 32.8. The van der Waals surface area contributed by atoms with Crippen LogP contribution in [0.25, 0.3) is 0 Å². The third-order valence-electron chi connectivity index (χ3n) is 5.84. The molecule has 2 N–H and O–H groups in total. The highest BCUT2D eigenvalue weighted by atomic mass is 16.7. The Morgan fingerprint density at radius 1 is 1.24 bits per heavy atom. The molecule has 2 rings (SSSR count). The largest absolute Gasteiger partial charge is 0.481 e. The molecule has 0 spiro atoms. The van der Waals surface area contributed by atoms with Crippen molar-refractivity contribution in [2.24, 2.45) is 5.41 Å². The van der Waals surface area contributed by atoms with E-state index in [0.717, 1.165) is 19.3 Å². The summed E-state index contributed by atoms with van der Waals surface area (Å²) in [7, 11) is 0. The SMILES string of the molecule is CCOC[C@]1(CC=CCCCC(=O)O)[C@H](O)C[C@@H](OC2CCCCO2)[C@H]1OCC. The maximum atomic E-state index is 11.0. The Labute approximate surface area is 174 Å². The first-order chi connectivity index (χ1) is 14.0. The average molecular weight is 415 g/mol.